The van der Waals surface area contributed by atoms with Gasteiger partial charge in [0.15, 0.2) is 11.5 Å². The second kappa shape index (κ2) is 3.14. The molecule has 0 radical (unpaired) electrons. The number of phenolic OH excluding ortho intramolecular Hbond substituents is 2. The molecule has 3 rings (SSSR count). The Labute approximate surface area is 95.3 Å². The van der Waals surface area contributed by atoms with Crippen molar-refractivity contribution < 1.29 is 10.2 Å². The molecule has 3 heteroatoms. The van der Waals surface area contributed by atoms with Crippen LogP contribution in [-0.4, -0.2) is 35.3 Å². The molecular formula is C13H17NO2. The summed E-state index contributed by atoms with van der Waals surface area (Å²) in [7, 11) is 2.15. The van der Waals surface area contributed by atoms with Crippen LogP contribution in [0.1, 0.15) is 24.0 Å². The van der Waals surface area contributed by atoms with E-state index in [4.69, 9.17) is 0 Å². The Hall–Kier alpha value is -1.22. The molecule has 2 aliphatic rings. The van der Waals surface area contributed by atoms with Crippen LogP contribution in [0.15, 0.2) is 12.1 Å². The minimum atomic E-state index is 0.0159. The van der Waals surface area contributed by atoms with Crippen molar-refractivity contribution in [3.63, 3.8) is 0 Å². The predicted molar refractivity (Wildman–Crippen MR) is 61.9 cm³/mol. The summed E-state index contributed by atoms with van der Waals surface area (Å²) in [5, 5.41) is 19.4. The summed E-state index contributed by atoms with van der Waals surface area (Å²) in [6, 6.07) is 3.62. The van der Waals surface area contributed by atoms with Crippen LogP contribution in [0.4, 0.5) is 0 Å². The molecule has 2 N–H and O–H groups in total. The third-order valence-corrected chi connectivity index (χ3v) is 4.23. The second-order valence-electron chi connectivity index (χ2n) is 5.23. The van der Waals surface area contributed by atoms with Crippen LogP contribution in [0.3, 0.4) is 0 Å². The molecule has 1 heterocycles. The molecular weight excluding hydrogens is 202 g/mol. The SMILES string of the molecule is CN1CCC2(CCc3c2ccc(O)c3O)C1. The van der Waals surface area contributed by atoms with Crippen LogP contribution >= 0.6 is 0 Å². The summed E-state index contributed by atoms with van der Waals surface area (Å²) in [6.45, 7) is 2.20. The minimum absolute atomic E-state index is 0.0159. The molecule has 16 heavy (non-hydrogen) atoms. The summed E-state index contributed by atoms with van der Waals surface area (Å²) in [5.41, 5.74) is 2.46. The van der Waals surface area contributed by atoms with Crippen molar-refractivity contribution in [3.8, 4) is 11.5 Å². The largest absolute Gasteiger partial charge is 0.504 e. The number of fused-ring (bicyclic) bond motifs is 2. The van der Waals surface area contributed by atoms with Crippen LogP contribution in [0.2, 0.25) is 0 Å². The number of likely N-dealkylation sites (N-methyl/N-ethyl adjacent to an activating group) is 1. The third kappa shape index (κ3) is 1.18. The van der Waals surface area contributed by atoms with Crippen LogP contribution < -0.4 is 0 Å². The van der Waals surface area contributed by atoms with Gasteiger partial charge in [-0.3, -0.25) is 0 Å². The minimum Gasteiger partial charge on any atom is -0.504 e. The third-order valence-electron chi connectivity index (χ3n) is 4.23. The van der Waals surface area contributed by atoms with Gasteiger partial charge in [-0.05, 0) is 44.5 Å². The first-order valence-corrected chi connectivity index (χ1v) is 5.85. The number of phenols is 2. The maximum atomic E-state index is 9.86. The van der Waals surface area contributed by atoms with Crippen molar-refractivity contribution in [2.45, 2.75) is 24.7 Å². The van der Waals surface area contributed by atoms with Crippen LogP contribution in [0, 0.1) is 0 Å². The van der Waals surface area contributed by atoms with Gasteiger partial charge in [-0.1, -0.05) is 6.07 Å². The monoisotopic (exact) mass is 219 g/mol. The van der Waals surface area contributed by atoms with Gasteiger partial charge in [-0.25, -0.2) is 0 Å². The van der Waals surface area contributed by atoms with Crippen LogP contribution in [0.25, 0.3) is 0 Å². The highest BCUT2D eigenvalue weighted by Gasteiger charge is 2.44. The molecule has 0 bridgehead atoms. The van der Waals surface area contributed by atoms with Crippen LogP contribution in [0.5, 0.6) is 11.5 Å². The number of likely N-dealkylation sites (tertiary alicyclic amines) is 1. The summed E-state index contributed by atoms with van der Waals surface area (Å²) >= 11 is 0. The fourth-order valence-corrected chi connectivity index (χ4v) is 3.38. The summed E-state index contributed by atoms with van der Waals surface area (Å²) < 4.78 is 0. The van der Waals surface area contributed by atoms with Gasteiger partial charge >= 0.3 is 0 Å². The Morgan fingerprint density at radius 1 is 1.25 bits per heavy atom. The molecule has 1 aromatic rings. The predicted octanol–water partition coefficient (Wildman–Crippen LogP) is 1.62. The first-order chi connectivity index (χ1) is 7.62. The molecule has 1 aromatic carbocycles. The molecule has 1 fully saturated rings. The highest BCUT2D eigenvalue weighted by molar-refractivity contribution is 5.54. The lowest BCUT2D eigenvalue weighted by molar-refractivity contribution is 0.366. The lowest BCUT2D eigenvalue weighted by Crippen LogP contribution is -2.26. The molecule has 1 atom stereocenters. The van der Waals surface area contributed by atoms with Gasteiger partial charge in [0.25, 0.3) is 0 Å². The van der Waals surface area contributed by atoms with E-state index in [1.165, 1.54) is 12.0 Å². The van der Waals surface area contributed by atoms with Crippen molar-refractivity contribution in [1.82, 2.24) is 4.90 Å². The number of aromatic hydroxyl groups is 2. The molecule has 3 nitrogen and oxygen atoms in total. The van der Waals surface area contributed by atoms with E-state index in [0.717, 1.165) is 31.5 Å². The molecule has 0 saturated carbocycles. The van der Waals surface area contributed by atoms with Gasteiger partial charge in [0, 0.05) is 17.5 Å². The normalized spacial score (nSPS) is 28.8. The van der Waals surface area contributed by atoms with Gasteiger partial charge in [-0.2, -0.15) is 0 Å². The lowest BCUT2D eigenvalue weighted by Gasteiger charge is -2.24. The number of rotatable bonds is 0. The van der Waals surface area contributed by atoms with Gasteiger partial charge in [0.1, 0.15) is 0 Å². The smallest absolute Gasteiger partial charge is 0.160 e. The van der Waals surface area contributed by atoms with E-state index in [-0.39, 0.29) is 16.9 Å². The molecule has 1 saturated heterocycles. The summed E-state index contributed by atoms with van der Waals surface area (Å²) in [4.78, 5) is 2.35. The Morgan fingerprint density at radius 2 is 2.06 bits per heavy atom. The van der Waals surface area contributed by atoms with Crippen molar-refractivity contribution in [1.29, 1.82) is 0 Å². The number of nitrogens with zero attached hydrogens (tertiary/aromatic N) is 1. The topological polar surface area (TPSA) is 43.7 Å². The van der Waals surface area contributed by atoms with Crippen molar-refractivity contribution in [2.24, 2.45) is 0 Å². The van der Waals surface area contributed by atoms with E-state index in [9.17, 15) is 10.2 Å². The van der Waals surface area contributed by atoms with Gasteiger partial charge in [0.2, 0.25) is 0 Å². The Kier molecular flexibility index (Phi) is 1.96. The van der Waals surface area contributed by atoms with Gasteiger partial charge in [0.05, 0.1) is 0 Å². The maximum absolute atomic E-state index is 9.86. The Bertz CT molecular complexity index is 444. The highest BCUT2D eigenvalue weighted by Crippen LogP contribution is 2.49. The van der Waals surface area contributed by atoms with E-state index in [2.05, 4.69) is 11.9 Å². The summed E-state index contributed by atoms with van der Waals surface area (Å²) in [5.74, 6) is 0.117. The van der Waals surface area contributed by atoms with E-state index >= 15 is 0 Å². The van der Waals surface area contributed by atoms with Gasteiger partial charge < -0.3 is 15.1 Å². The van der Waals surface area contributed by atoms with E-state index in [0.29, 0.717) is 0 Å². The maximum Gasteiger partial charge on any atom is 0.160 e. The summed E-state index contributed by atoms with van der Waals surface area (Å²) in [6.07, 6.45) is 3.16. The standard InChI is InChI=1S/C13H17NO2/c1-14-7-6-13(8-14)5-4-9-10(13)2-3-11(15)12(9)16/h2-3,15-16H,4-8H2,1H3. The number of hydrogen-bond acceptors (Lipinski definition) is 3. The highest BCUT2D eigenvalue weighted by atomic mass is 16.3. The van der Waals surface area contributed by atoms with Crippen molar-refractivity contribution >= 4 is 0 Å². The fraction of sp³-hybridized carbons (Fsp3) is 0.538. The van der Waals surface area contributed by atoms with Gasteiger partial charge in [-0.15, -0.1) is 0 Å². The zero-order chi connectivity index (χ0) is 11.3. The average Bonchev–Trinajstić information content (AvgIpc) is 2.79. The van der Waals surface area contributed by atoms with E-state index in [1.54, 1.807) is 6.07 Å². The molecule has 1 aliphatic carbocycles. The van der Waals surface area contributed by atoms with Crippen molar-refractivity contribution in [3.05, 3.63) is 23.3 Å². The molecule has 1 aliphatic heterocycles. The van der Waals surface area contributed by atoms with Crippen molar-refractivity contribution in [2.75, 3.05) is 20.1 Å². The zero-order valence-electron chi connectivity index (χ0n) is 9.53. The molecule has 1 unspecified atom stereocenters. The van der Waals surface area contributed by atoms with E-state index < -0.39 is 0 Å². The Morgan fingerprint density at radius 3 is 2.75 bits per heavy atom. The first kappa shape index (κ1) is 9.97. The van der Waals surface area contributed by atoms with Crippen LogP contribution in [-0.2, 0) is 11.8 Å². The molecule has 0 amide bonds. The number of hydrogen-bond donors (Lipinski definition) is 2. The fourth-order valence-electron chi connectivity index (χ4n) is 3.38. The lowest BCUT2D eigenvalue weighted by atomic mass is 9.81. The molecule has 0 aromatic heterocycles. The van der Waals surface area contributed by atoms with E-state index in [1.807, 2.05) is 6.07 Å². The quantitative estimate of drug-likeness (QED) is 0.652. The number of benzene rings is 1. The average molecular weight is 219 g/mol. The second-order valence-corrected chi connectivity index (χ2v) is 5.23. The first-order valence-electron chi connectivity index (χ1n) is 5.85. The zero-order valence-corrected chi connectivity index (χ0v) is 9.53. The molecule has 1 spiro atoms. The Balaban J connectivity index is 2.10. The molecule has 86 valence electrons.